The maximum Gasteiger partial charge on any atom is 0.397 e. The highest BCUT2D eigenvalue weighted by Gasteiger charge is 2.48. The Morgan fingerprint density at radius 1 is 1.24 bits per heavy atom. The zero-order valence-corrected chi connectivity index (χ0v) is 22.1. The van der Waals surface area contributed by atoms with Crippen molar-refractivity contribution in [3.05, 3.63) is 28.9 Å². The molecule has 1 aromatic rings. The van der Waals surface area contributed by atoms with Crippen LogP contribution in [0.2, 0.25) is 0 Å². The highest BCUT2D eigenvalue weighted by Crippen LogP contribution is 2.43. The van der Waals surface area contributed by atoms with E-state index in [0.29, 0.717) is 11.4 Å². The zero-order valence-electron chi connectivity index (χ0n) is 22.1. The van der Waals surface area contributed by atoms with E-state index in [4.69, 9.17) is 4.74 Å². The quantitative estimate of drug-likeness (QED) is 0.456. The van der Waals surface area contributed by atoms with Gasteiger partial charge >= 0.3 is 6.18 Å². The molecule has 2 heterocycles. The van der Waals surface area contributed by atoms with Gasteiger partial charge in [-0.1, -0.05) is 32.3 Å². The SMILES string of the molecule is C/C(=C\c1ncc(C2CCCC(OC(C)C)C(CO)N2)nc1C)C(C)(C)C(F)(F)F.CCCC. The molecule has 0 aromatic carbocycles. The van der Waals surface area contributed by atoms with Crippen LogP contribution in [0.15, 0.2) is 11.8 Å². The summed E-state index contributed by atoms with van der Waals surface area (Å²) in [6, 6.07) is -0.309. The van der Waals surface area contributed by atoms with Gasteiger partial charge in [0, 0.05) is 0 Å². The minimum atomic E-state index is -4.34. The molecule has 2 N–H and O–H groups in total. The molecule has 1 aliphatic heterocycles. The van der Waals surface area contributed by atoms with Crippen LogP contribution in [0.1, 0.15) is 104 Å². The largest absolute Gasteiger partial charge is 0.397 e. The van der Waals surface area contributed by atoms with Gasteiger partial charge in [-0.25, -0.2) is 0 Å². The molecular formula is C26H44F3N3O2. The first-order valence-corrected chi connectivity index (χ1v) is 12.4. The normalized spacial score (nSPS) is 22.3. The molecule has 34 heavy (non-hydrogen) atoms. The Morgan fingerprint density at radius 2 is 1.85 bits per heavy atom. The van der Waals surface area contributed by atoms with Gasteiger partial charge in [-0.15, -0.1) is 0 Å². The molecule has 1 aliphatic rings. The van der Waals surface area contributed by atoms with Gasteiger partial charge in [0.25, 0.3) is 0 Å². The highest BCUT2D eigenvalue weighted by molar-refractivity contribution is 5.52. The van der Waals surface area contributed by atoms with E-state index in [0.717, 1.165) is 38.8 Å². The maximum atomic E-state index is 13.3. The topological polar surface area (TPSA) is 67.3 Å². The fraction of sp³-hybridized carbons (Fsp3) is 0.769. The highest BCUT2D eigenvalue weighted by atomic mass is 19.4. The summed E-state index contributed by atoms with van der Waals surface area (Å²) < 4.78 is 45.8. The van der Waals surface area contributed by atoms with Crippen LogP contribution in [0.25, 0.3) is 6.08 Å². The van der Waals surface area contributed by atoms with Gasteiger partial charge in [0.15, 0.2) is 0 Å². The van der Waals surface area contributed by atoms with Crippen LogP contribution in [0, 0.1) is 12.3 Å². The first-order valence-electron chi connectivity index (χ1n) is 12.4. The number of aliphatic hydroxyl groups is 1. The van der Waals surface area contributed by atoms with Crippen molar-refractivity contribution in [2.75, 3.05) is 6.61 Å². The van der Waals surface area contributed by atoms with E-state index in [1.807, 2.05) is 13.8 Å². The van der Waals surface area contributed by atoms with Crippen LogP contribution in [-0.4, -0.2) is 46.1 Å². The van der Waals surface area contributed by atoms with Crippen molar-refractivity contribution in [3.63, 3.8) is 0 Å². The number of aryl methyl sites for hydroxylation is 1. The first kappa shape index (κ1) is 30.5. The molecule has 0 amide bonds. The lowest BCUT2D eigenvalue weighted by molar-refractivity contribution is -0.197. The third-order valence-corrected chi connectivity index (χ3v) is 6.40. The van der Waals surface area contributed by atoms with Crippen LogP contribution < -0.4 is 5.32 Å². The number of halogens is 3. The Labute approximate surface area is 203 Å². The molecule has 196 valence electrons. The number of hydrogen-bond acceptors (Lipinski definition) is 5. The number of unbranched alkanes of at least 4 members (excludes halogenated alkanes) is 1. The average molecular weight is 488 g/mol. The Bertz CT molecular complexity index is 777. The van der Waals surface area contributed by atoms with Gasteiger partial charge in [0.2, 0.25) is 0 Å². The molecule has 0 bridgehead atoms. The van der Waals surface area contributed by atoms with Crippen molar-refractivity contribution in [1.29, 1.82) is 0 Å². The van der Waals surface area contributed by atoms with Gasteiger partial charge < -0.3 is 15.2 Å². The molecule has 0 aliphatic carbocycles. The van der Waals surface area contributed by atoms with E-state index in [1.165, 1.54) is 25.8 Å². The lowest BCUT2D eigenvalue weighted by atomic mass is 9.83. The monoisotopic (exact) mass is 487 g/mol. The molecule has 1 aromatic heterocycles. The second-order valence-electron chi connectivity index (χ2n) is 9.88. The molecular weight excluding hydrogens is 443 g/mol. The summed E-state index contributed by atoms with van der Waals surface area (Å²) in [5, 5.41) is 13.3. The van der Waals surface area contributed by atoms with Crippen LogP contribution in [0.3, 0.4) is 0 Å². The second-order valence-corrected chi connectivity index (χ2v) is 9.88. The third kappa shape index (κ3) is 8.61. The molecule has 3 atom stereocenters. The van der Waals surface area contributed by atoms with Gasteiger partial charge in [-0.2, -0.15) is 13.2 Å². The maximum absolute atomic E-state index is 13.3. The van der Waals surface area contributed by atoms with Gasteiger partial charge in [0.05, 0.1) is 59.6 Å². The molecule has 5 nitrogen and oxygen atoms in total. The van der Waals surface area contributed by atoms with Crippen molar-refractivity contribution in [3.8, 4) is 0 Å². The second kappa shape index (κ2) is 13.5. The molecule has 1 fully saturated rings. The van der Waals surface area contributed by atoms with Crippen LogP contribution in [-0.2, 0) is 4.74 Å². The Balaban J connectivity index is 0.00000133. The standard InChI is InChI=1S/C22H34F3N3O2.C4H10/c1-13(2)30-20-9-7-8-16(28-19(20)12-29)18-11-26-17(15(4)27-18)10-14(3)21(5,6)22(23,24)25;1-3-4-2/h10-11,13,16,19-20,28-29H,7-9,12H2,1-6H3;3-4H2,1-2H3/b14-10+;. The minimum Gasteiger partial charge on any atom is -0.395 e. The Kier molecular flexibility index (Phi) is 12.2. The minimum absolute atomic E-state index is 0.0488. The number of nitrogens with zero attached hydrogens (tertiary/aromatic N) is 2. The van der Waals surface area contributed by atoms with E-state index in [-0.39, 0.29) is 36.5 Å². The van der Waals surface area contributed by atoms with E-state index in [1.54, 1.807) is 13.1 Å². The van der Waals surface area contributed by atoms with Crippen LogP contribution in [0.5, 0.6) is 0 Å². The predicted molar refractivity (Wildman–Crippen MR) is 131 cm³/mol. The number of nitrogens with one attached hydrogen (secondary N) is 1. The molecule has 0 spiro atoms. The Morgan fingerprint density at radius 3 is 2.32 bits per heavy atom. The van der Waals surface area contributed by atoms with Gasteiger partial charge in [0.1, 0.15) is 0 Å². The number of rotatable bonds is 7. The fourth-order valence-electron chi connectivity index (χ4n) is 3.52. The molecule has 8 heteroatoms. The molecule has 1 saturated heterocycles. The lowest BCUT2D eigenvalue weighted by Crippen LogP contribution is -2.45. The number of allylic oxidation sites excluding steroid dienone is 1. The third-order valence-electron chi connectivity index (χ3n) is 6.40. The number of hydrogen-bond donors (Lipinski definition) is 2. The lowest BCUT2D eigenvalue weighted by Gasteiger charge is -2.29. The van der Waals surface area contributed by atoms with E-state index < -0.39 is 11.6 Å². The van der Waals surface area contributed by atoms with Crippen LogP contribution >= 0.6 is 0 Å². The number of aromatic nitrogens is 2. The number of aliphatic hydroxyl groups excluding tert-OH is 1. The summed E-state index contributed by atoms with van der Waals surface area (Å²) in [5.41, 5.74) is -0.0290. The first-order chi connectivity index (χ1) is 15.8. The van der Waals surface area contributed by atoms with Crippen molar-refractivity contribution in [2.24, 2.45) is 5.41 Å². The Hall–Kier alpha value is -1.51. The molecule has 2 rings (SSSR count). The smallest absolute Gasteiger partial charge is 0.395 e. The summed E-state index contributed by atoms with van der Waals surface area (Å²) in [5.74, 6) is 0. The summed E-state index contributed by atoms with van der Waals surface area (Å²) in [4.78, 5) is 9.02. The summed E-state index contributed by atoms with van der Waals surface area (Å²) in [7, 11) is 0. The number of alkyl halides is 3. The van der Waals surface area contributed by atoms with E-state index in [9.17, 15) is 18.3 Å². The molecule has 0 saturated carbocycles. The zero-order chi connectivity index (χ0) is 26.1. The van der Waals surface area contributed by atoms with Gasteiger partial charge in [-0.3, -0.25) is 9.97 Å². The van der Waals surface area contributed by atoms with Crippen molar-refractivity contribution in [2.45, 2.75) is 118 Å². The molecule has 3 unspecified atom stereocenters. The summed E-state index contributed by atoms with van der Waals surface area (Å²) in [6.07, 6.45) is 3.93. The predicted octanol–water partition coefficient (Wildman–Crippen LogP) is 6.55. The molecule has 0 radical (unpaired) electrons. The van der Waals surface area contributed by atoms with E-state index >= 15 is 0 Å². The summed E-state index contributed by atoms with van der Waals surface area (Å²) in [6.45, 7) is 13.8. The summed E-state index contributed by atoms with van der Waals surface area (Å²) >= 11 is 0. The van der Waals surface area contributed by atoms with Crippen LogP contribution in [0.4, 0.5) is 13.2 Å². The van der Waals surface area contributed by atoms with Gasteiger partial charge in [-0.05, 0) is 66.9 Å². The number of ether oxygens (including phenoxy) is 1. The van der Waals surface area contributed by atoms with E-state index in [2.05, 4.69) is 29.1 Å². The van der Waals surface area contributed by atoms with Crippen molar-refractivity contribution >= 4 is 6.08 Å². The van der Waals surface area contributed by atoms with Crippen molar-refractivity contribution < 1.29 is 23.0 Å². The fourth-order valence-corrected chi connectivity index (χ4v) is 3.52. The van der Waals surface area contributed by atoms with Crippen molar-refractivity contribution in [1.82, 2.24) is 15.3 Å². The average Bonchev–Trinajstić information content (AvgIpc) is 2.96.